The molecule has 5 nitrogen and oxygen atoms in total. The molecule has 2 rings (SSSR count). The Kier molecular flexibility index (Phi) is 5.59. The maximum Gasteiger partial charge on any atom is 0.260 e. The van der Waals surface area contributed by atoms with E-state index < -0.39 is 0 Å². The summed E-state index contributed by atoms with van der Waals surface area (Å²) in [7, 11) is 3.27. The molecule has 0 saturated carbocycles. The third-order valence-corrected chi connectivity index (χ3v) is 3.35. The molecule has 5 heteroatoms. The lowest BCUT2D eigenvalue weighted by Crippen LogP contribution is -2.31. The molecule has 0 spiro atoms. The number of hydrogen-bond acceptors (Lipinski definition) is 4. The summed E-state index contributed by atoms with van der Waals surface area (Å²) in [6, 6.07) is 16.4. The van der Waals surface area contributed by atoms with E-state index in [2.05, 4.69) is 6.07 Å². The van der Waals surface area contributed by atoms with E-state index in [1.54, 1.807) is 43.3 Å². The van der Waals surface area contributed by atoms with E-state index in [0.717, 1.165) is 5.56 Å². The number of methoxy groups -OCH3 is 1. The average Bonchev–Trinajstić information content (AvgIpc) is 2.60. The zero-order chi connectivity index (χ0) is 16.7. The van der Waals surface area contributed by atoms with Gasteiger partial charge in [0.25, 0.3) is 5.91 Å². The number of para-hydroxylation sites is 2. The molecule has 0 N–H and O–H groups in total. The van der Waals surface area contributed by atoms with Crippen molar-refractivity contribution in [2.75, 3.05) is 20.8 Å². The summed E-state index contributed by atoms with van der Waals surface area (Å²) in [5, 5.41) is 8.78. The summed E-state index contributed by atoms with van der Waals surface area (Å²) in [5.74, 6) is 0.991. The van der Waals surface area contributed by atoms with Gasteiger partial charge in [-0.25, -0.2) is 0 Å². The lowest BCUT2D eigenvalue weighted by Gasteiger charge is -2.18. The minimum atomic E-state index is -0.139. The van der Waals surface area contributed by atoms with Gasteiger partial charge in [-0.15, -0.1) is 0 Å². The zero-order valence-corrected chi connectivity index (χ0v) is 13.2. The third kappa shape index (κ3) is 4.48. The first-order valence-electron chi connectivity index (χ1n) is 7.13. The van der Waals surface area contributed by atoms with Crippen molar-refractivity contribution in [3.05, 3.63) is 59.7 Å². The Morgan fingerprint density at radius 2 is 1.78 bits per heavy atom. The van der Waals surface area contributed by atoms with E-state index in [-0.39, 0.29) is 12.5 Å². The molecular weight excluding hydrogens is 292 g/mol. The average molecular weight is 310 g/mol. The number of hydrogen-bond donors (Lipinski definition) is 0. The summed E-state index contributed by atoms with van der Waals surface area (Å²) in [4.78, 5) is 13.7. The summed E-state index contributed by atoms with van der Waals surface area (Å²) >= 11 is 0. The molecule has 118 valence electrons. The van der Waals surface area contributed by atoms with Crippen molar-refractivity contribution in [3.63, 3.8) is 0 Å². The van der Waals surface area contributed by atoms with Gasteiger partial charge in [0, 0.05) is 13.6 Å². The molecule has 0 aliphatic carbocycles. The van der Waals surface area contributed by atoms with Crippen molar-refractivity contribution >= 4 is 5.91 Å². The molecule has 0 aromatic heterocycles. The van der Waals surface area contributed by atoms with E-state index in [1.807, 2.05) is 24.3 Å². The van der Waals surface area contributed by atoms with E-state index in [4.69, 9.17) is 14.7 Å². The number of likely N-dealkylation sites (N-methyl/N-ethyl adjacent to an activating group) is 1. The Balaban J connectivity index is 1.90. The first kappa shape index (κ1) is 16.4. The molecule has 23 heavy (non-hydrogen) atoms. The zero-order valence-electron chi connectivity index (χ0n) is 13.2. The van der Waals surface area contributed by atoms with Gasteiger partial charge in [-0.2, -0.15) is 5.26 Å². The predicted molar refractivity (Wildman–Crippen MR) is 86.1 cm³/mol. The fourth-order valence-electron chi connectivity index (χ4n) is 2.03. The standard InChI is InChI=1S/C18H18N2O3/c1-20(12-15-9-7-14(11-19)8-10-15)18(21)13-23-17-6-4-3-5-16(17)22-2/h3-10H,12-13H2,1-2H3. The van der Waals surface area contributed by atoms with Gasteiger partial charge in [0.2, 0.25) is 0 Å². The Bertz CT molecular complexity index is 705. The normalized spacial score (nSPS) is 9.78. The van der Waals surface area contributed by atoms with Gasteiger partial charge < -0.3 is 14.4 Å². The van der Waals surface area contributed by atoms with Gasteiger partial charge in [-0.3, -0.25) is 4.79 Å². The second kappa shape index (κ2) is 7.85. The second-order valence-corrected chi connectivity index (χ2v) is 5.00. The van der Waals surface area contributed by atoms with Crippen LogP contribution in [0.3, 0.4) is 0 Å². The van der Waals surface area contributed by atoms with E-state index in [0.29, 0.717) is 23.6 Å². The van der Waals surface area contributed by atoms with Crippen LogP contribution in [-0.2, 0) is 11.3 Å². The minimum Gasteiger partial charge on any atom is -0.493 e. The highest BCUT2D eigenvalue weighted by atomic mass is 16.5. The van der Waals surface area contributed by atoms with Crippen LogP contribution >= 0.6 is 0 Å². The van der Waals surface area contributed by atoms with Crippen LogP contribution in [0.15, 0.2) is 48.5 Å². The maximum atomic E-state index is 12.2. The van der Waals surface area contributed by atoms with Crippen molar-refractivity contribution in [2.24, 2.45) is 0 Å². The quantitative estimate of drug-likeness (QED) is 0.823. The first-order chi connectivity index (χ1) is 11.1. The van der Waals surface area contributed by atoms with E-state index in [9.17, 15) is 4.79 Å². The third-order valence-electron chi connectivity index (χ3n) is 3.35. The van der Waals surface area contributed by atoms with Gasteiger partial charge in [-0.05, 0) is 29.8 Å². The molecule has 0 aliphatic rings. The number of ether oxygens (including phenoxy) is 2. The van der Waals surface area contributed by atoms with Gasteiger partial charge in [0.1, 0.15) is 0 Å². The van der Waals surface area contributed by atoms with Crippen molar-refractivity contribution in [1.82, 2.24) is 4.90 Å². The molecule has 0 unspecified atom stereocenters. The molecule has 0 fully saturated rings. The Hall–Kier alpha value is -3.00. The van der Waals surface area contributed by atoms with Crippen LogP contribution in [0.4, 0.5) is 0 Å². The molecular formula is C18H18N2O3. The van der Waals surface area contributed by atoms with Gasteiger partial charge in [-0.1, -0.05) is 24.3 Å². The molecule has 0 aliphatic heterocycles. The number of benzene rings is 2. The largest absolute Gasteiger partial charge is 0.493 e. The van der Waals surface area contributed by atoms with Crippen molar-refractivity contribution < 1.29 is 14.3 Å². The monoisotopic (exact) mass is 310 g/mol. The molecule has 2 aromatic carbocycles. The Morgan fingerprint density at radius 1 is 1.13 bits per heavy atom. The highest BCUT2D eigenvalue weighted by Crippen LogP contribution is 2.25. The summed E-state index contributed by atoms with van der Waals surface area (Å²) < 4.78 is 10.7. The second-order valence-electron chi connectivity index (χ2n) is 5.00. The lowest BCUT2D eigenvalue weighted by molar-refractivity contribution is -0.132. The molecule has 0 saturated heterocycles. The van der Waals surface area contributed by atoms with E-state index in [1.165, 1.54) is 0 Å². The fourth-order valence-corrected chi connectivity index (χ4v) is 2.03. The summed E-state index contributed by atoms with van der Waals surface area (Å²) in [6.07, 6.45) is 0. The fraction of sp³-hybridized carbons (Fsp3) is 0.222. The van der Waals surface area contributed by atoms with Crippen LogP contribution in [0.25, 0.3) is 0 Å². The Morgan fingerprint density at radius 3 is 2.39 bits per heavy atom. The maximum absolute atomic E-state index is 12.2. The van der Waals surface area contributed by atoms with Crippen LogP contribution in [0, 0.1) is 11.3 Å². The molecule has 0 bridgehead atoms. The highest BCUT2D eigenvalue weighted by molar-refractivity contribution is 5.77. The van der Waals surface area contributed by atoms with Crippen molar-refractivity contribution in [3.8, 4) is 17.6 Å². The molecule has 0 radical (unpaired) electrons. The number of carbonyl (C=O) groups excluding carboxylic acids is 1. The Labute approximate surface area is 135 Å². The molecule has 1 amide bonds. The van der Waals surface area contributed by atoms with Crippen LogP contribution in [-0.4, -0.2) is 31.6 Å². The molecule has 2 aromatic rings. The number of nitrogens with zero attached hydrogens (tertiary/aromatic N) is 2. The van der Waals surface area contributed by atoms with Crippen molar-refractivity contribution in [2.45, 2.75) is 6.54 Å². The van der Waals surface area contributed by atoms with E-state index >= 15 is 0 Å². The smallest absolute Gasteiger partial charge is 0.260 e. The van der Waals surface area contributed by atoms with Gasteiger partial charge in [0.15, 0.2) is 18.1 Å². The highest BCUT2D eigenvalue weighted by Gasteiger charge is 2.12. The molecule has 0 atom stereocenters. The number of amides is 1. The van der Waals surface area contributed by atoms with Crippen LogP contribution < -0.4 is 9.47 Å². The predicted octanol–water partition coefficient (Wildman–Crippen LogP) is 2.60. The summed E-state index contributed by atoms with van der Waals surface area (Å²) in [5.41, 5.74) is 1.55. The van der Waals surface area contributed by atoms with Crippen LogP contribution in [0.2, 0.25) is 0 Å². The first-order valence-corrected chi connectivity index (χ1v) is 7.13. The number of rotatable bonds is 6. The van der Waals surface area contributed by atoms with Crippen molar-refractivity contribution in [1.29, 1.82) is 5.26 Å². The van der Waals surface area contributed by atoms with Gasteiger partial charge in [0.05, 0.1) is 18.7 Å². The number of carbonyl (C=O) groups is 1. The summed E-state index contributed by atoms with van der Waals surface area (Å²) in [6.45, 7) is 0.396. The SMILES string of the molecule is COc1ccccc1OCC(=O)N(C)Cc1ccc(C#N)cc1. The number of nitriles is 1. The van der Waals surface area contributed by atoms with Crippen LogP contribution in [0.5, 0.6) is 11.5 Å². The lowest BCUT2D eigenvalue weighted by atomic mass is 10.1. The topological polar surface area (TPSA) is 62.6 Å². The molecule has 0 heterocycles. The van der Waals surface area contributed by atoms with Crippen LogP contribution in [0.1, 0.15) is 11.1 Å². The van der Waals surface area contributed by atoms with Gasteiger partial charge >= 0.3 is 0 Å². The minimum absolute atomic E-state index is 0.0623.